The summed E-state index contributed by atoms with van der Waals surface area (Å²) >= 11 is 24.1. The summed E-state index contributed by atoms with van der Waals surface area (Å²) in [5, 5.41) is 20.0. The first-order chi connectivity index (χ1) is 13.5. The zero-order valence-electron chi connectivity index (χ0n) is 14.3. The molecule has 0 radical (unpaired) electrons. The molecule has 0 fully saturated rings. The van der Waals surface area contributed by atoms with Crippen molar-refractivity contribution in [3.63, 3.8) is 0 Å². The van der Waals surface area contributed by atoms with E-state index >= 15 is 0 Å². The molecule has 0 amide bonds. The number of phenols is 2. The van der Waals surface area contributed by atoms with Crippen LogP contribution in [0.3, 0.4) is 0 Å². The van der Waals surface area contributed by atoms with Crippen LogP contribution in [0.25, 0.3) is 0 Å². The molecule has 3 N–H and O–H groups in total. The average Bonchev–Trinajstić information content (AvgIpc) is 2.62. The van der Waals surface area contributed by atoms with E-state index in [-0.39, 0.29) is 42.5 Å². The van der Waals surface area contributed by atoms with E-state index in [0.717, 1.165) is 12.1 Å². The summed E-state index contributed by atoms with van der Waals surface area (Å²) in [5.41, 5.74) is -0.162. The Bertz CT molecular complexity index is 1190. The van der Waals surface area contributed by atoms with Crippen molar-refractivity contribution in [3.8, 4) is 11.5 Å². The van der Waals surface area contributed by atoms with Gasteiger partial charge in [-0.15, -0.1) is 0 Å². The van der Waals surface area contributed by atoms with E-state index in [4.69, 9.17) is 46.4 Å². The molecule has 0 saturated carbocycles. The average molecular weight is 494 g/mol. The molecule has 5 nitrogen and oxygen atoms in total. The fourth-order valence-electron chi connectivity index (χ4n) is 3.16. The van der Waals surface area contributed by atoms with Gasteiger partial charge in [-0.25, -0.2) is 0 Å². The maximum Gasteiger partial charge on any atom is 0.283 e. The van der Waals surface area contributed by atoms with E-state index in [1.165, 1.54) is 42.5 Å². The number of benzene rings is 3. The van der Waals surface area contributed by atoms with E-state index in [1.54, 1.807) is 0 Å². The third kappa shape index (κ3) is 3.77. The van der Waals surface area contributed by atoms with Gasteiger partial charge < -0.3 is 10.2 Å². The Morgan fingerprint density at radius 1 is 0.724 bits per heavy atom. The number of hydrogen-bond donors (Lipinski definition) is 3. The highest BCUT2D eigenvalue weighted by atomic mass is 35.5. The van der Waals surface area contributed by atoms with E-state index < -0.39 is 20.6 Å². The number of halogens is 4. The molecule has 1 atom stereocenters. The number of rotatable bonds is 4. The predicted octanol–water partition coefficient (Wildman–Crippen LogP) is 5.89. The van der Waals surface area contributed by atoms with Crippen molar-refractivity contribution in [1.29, 1.82) is 0 Å². The summed E-state index contributed by atoms with van der Waals surface area (Å²) in [6.07, 6.45) is 0. The van der Waals surface area contributed by atoms with Gasteiger partial charge in [0, 0.05) is 0 Å². The molecule has 3 aromatic carbocycles. The summed E-state index contributed by atoms with van der Waals surface area (Å²) in [7, 11) is -5.00. The normalized spacial score (nSPS) is 13.8. The molecule has 1 unspecified atom stereocenters. The monoisotopic (exact) mass is 492 g/mol. The Hall–Kier alpha value is -1.67. The molecular weight excluding hydrogens is 482 g/mol. The Kier molecular flexibility index (Phi) is 5.98. The zero-order chi connectivity index (χ0) is 21.6. The van der Waals surface area contributed by atoms with Crippen LogP contribution in [0.4, 0.5) is 0 Å². The van der Waals surface area contributed by atoms with Gasteiger partial charge in [-0.05, 0) is 53.1 Å². The van der Waals surface area contributed by atoms with Crippen LogP contribution in [0.5, 0.6) is 11.5 Å². The first-order valence-electron chi connectivity index (χ1n) is 7.89. The van der Waals surface area contributed by atoms with Crippen molar-refractivity contribution in [3.05, 3.63) is 91.4 Å². The fourth-order valence-corrected chi connectivity index (χ4v) is 5.05. The van der Waals surface area contributed by atoms with Crippen molar-refractivity contribution in [2.75, 3.05) is 0 Å². The van der Waals surface area contributed by atoms with Gasteiger partial charge >= 0.3 is 0 Å². The summed E-state index contributed by atoms with van der Waals surface area (Å²) in [5.74, 6) is -0.748. The summed E-state index contributed by atoms with van der Waals surface area (Å²) in [4.78, 5) is 0. The molecule has 3 aromatic rings. The minimum absolute atomic E-state index is 0.00205. The van der Waals surface area contributed by atoms with E-state index in [2.05, 4.69) is 0 Å². The summed E-state index contributed by atoms with van der Waals surface area (Å²) in [6, 6.07) is 11.5. The molecule has 0 bridgehead atoms. The second-order valence-electron chi connectivity index (χ2n) is 6.13. The lowest BCUT2D eigenvalue weighted by Crippen LogP contribution is -2.38. The number of hydrogen-bond acceptors (Lipinski definition) is 4. The van der Waals surface area contributed by atoms with Gasteiger partial charge in [0.05, 0.1) is 15.1 Å². The molecule has 0 aliphatic carbocycles. The van der Waals surface area contributed by atoms with Crippen molar-refractivity contribution in [2.45, 2.75) is 4.75 Å². The highest BCUT2D eigenvalue weighted by molar-refractivity contribution is 7.87. The van der Waals surface area contributed by atoms with Crippen molar-refractivity contribution >= 4 is 56.5 Å². The van der Waals surface area contributed by atoms with Crippen molar-refractivity contribution in [1.82, 2.24) is 0 Å². The molecule has 0 saturated heterocycles. The molecule has 29 heavy (non-hydrogen) atoms. The first-order valence-corrected chi connectivity index (χ1v) is 10.8. The Balaban J connectivity index is 2.56. The highest BCUT2D eigenvalue weighted by Gasteiger charge is 2.49. The minimum atomic E-state index is -5.00. The summed E-state index contributed by atoms with van der Waals surface area (Å²) < 4.78 is 34.0. The van der Waals surface area contributed by atoms with Gasteiger partial charge in [-0.3, -0.25) is 4.55 Å². The maximum atomic E-state index is 12.9. The fraction of sp³-hybridized carbons (Fsp3) is 0.0526. The van der Waals surface area contributed by atoms with Crippen molar-refractivity contribution in [2.24, 2.45) is 0 Å². The smallest absolute Gasteiger partial charge is 0.283 e. The zero-order valence-corrected chi connectivity index (χ0v) is 18.1. The lowest BCUT2D eigenvalue weighted by atomic mass is 9.83. The summed E-state index contributed by atoms with van der Waals surface area (Å²) in [6.45, 7) is 0. The third-order valence-electron chi connectivity index (χ3n) is 4.38. The molecule has 0 aliphatic rings. The van der Waals surface area contributed by atoms with Gasteiger partial charge in [0.2, 0.25) is 0 Å². The van der Waals surface area contributed by atoms with Crippen LogP contribution in [0.15, 0.2) is 54.6 Å². The lowest BCUT2D eigenvalue weighted by molar-refractivity contribution is 0.455. The molecule has 0 aromatic heterocycles. The molecule has 0 heterocycles. The van der Waals surface area contributed by atoms with Crippen LogP contribution >= 0.6 is 46.4 Å². The quantitative estimate of drug-likeness (QED) is 0.311. The molecule has 10 heteroatoms. The SMILES string of the molecule is O=S(=O)(O)C(c1cccc(O)c1)(c1ccc(Cl)c(Cl)c1)c1cc(O)c(Cl)c(Cl)c1. The van der Waals surface area contributed by atoms with Crippen LogP contribution in [0.1, 0.15) is 16.7 Å². The van der Waals surface area contributed by atoms with Crippen LogP contribution in [0.2, 0.25) is 20.1 Å². The maximum absolute atomic E-state index is 12.9. The molecular formula is C19H12Cl4O5S. The third-order valence-corrected chi connectivity index (χ3v) is 7.39. The Labute approximate surface area is 186 Å². The highest BCUT2D eigenvalue weighted by Crippen LogP contribution is 2.48. The van der Waals surface area contributed by atoms with Gasteiger partial charge in [-0.2, -0.15) is 8.42 Å². The minimum Gasteiger partial charge on any atom is -0.508 e. The second-order valence-corrected chi connectivity index (χ2v) is 9.29. The van der Waals surface area contributed by atoms with Gasteiger partial charge in [0.25, 0.3) is 10.1 Å². The van der Waals surface area contributed by atoms with Crippen LogP contribution in [0, 0.1) is 0 Å². The number of phenolic OH excluding ortho intramolecular Hbond substituents is 2. The van der Waals surface area contributed by atoms with Crippen LogP contribution in [-0.2, 0) is 14.9 Å². The van der Waals surface area contributed by atoms with Crippen LogP contribution in [-0.4, -0.2) is 23.2 Å². The molecule has 0 spiro atoms. The second kappa shape index (κ2) is 7.87. The molecule has 152 valence electrons. The Morgan fingerprint density at radius 2 is 1.34 bits per heavy atom. The topological polar surface area (TPSA) is 94.8 Å². The lowest BCUT2D eigenvalue weighted by Gasteiger charge is -2.33. The first kappa shape index (κ1) is 22.0. The largest absolute Gasteiger partial charge is 0.508 e. The molecule has 0 aliphatic heterocycles. The van der Waals surface area contributed by atoms with Gasteiger partial charge in [0.15, 0.2) is 4.75 Å². The standard InChI is InChI=1S/C19H12Cl4O5S/c20-14-5-4-11(7-15(14)21)19(29(26,27)28,10-2-1-3-13(24)6-10)12-8-16(22)18(23)17(25)9-12/h1-9,24-25H,(H,26,27,28). The van der Waals surface area contributed by atoms with Gasteiger partial charge in [0.1, 0.15) is 16.5 Å². The molecule has 3 rings (SSSR count). The van der Waals surface area contributed by atoms with Crippen LogP contribution < -0.4 is 0 Å². The predicted molar refractivity (Wildman–Crippen MR) is 114 cm³/mol. The number of aromatic hydroxyl groups is 2. The van der Waals surface area contributed by atoms with E-state index in [0.29, 0.717) is 0 Å². The van der Waals surface area contributed by atoms with E-state index in [9.17, 15) is 23.2 Å². The van der Waals surface area contributed by atoms with Crippen molar-refractivity contribution < 1.29 is 23.2 Å². The van der Waals surface area contributed by atoms with E-state index in [1.807, 2.05) is 0 Å². The Morgan fingerprint density at radius 3 is 1.90 bits per heavy atom. The van der Waals surface area contributed by atoms with Gasteiger partial charge in [-0.1, -0.05) is 64.6 Å².